The van der Waals surface area contributed by atoms with E-state index in [1.54, 1.807) is 13.3 Å². The van der Waals surface area contributed by atoms with Crippen LogP contribution in [0.3, 0.4) is 0 Å². The summed E-state index contributed by atoms with van der Waals surface area (Å²) in [5.74, 6) is 1.56. The Hall–Kier alpha value is -2.23. The van der Waals surface area contributed by atoms with Crippen LogP contribution in [0.15, 0.2) is 42.6 Å². The highest BCUT2D eigenvalue weighted by molar-refractivity contribution is 5.53. The van der Waals surface area contributed by atoms with E-state index in [1.165, 1.54) is 5.56 Å². The highest BCUT2D eigenvalue weighted by Crippen LogP contribution is 2.24. The highest BCUT2D eigenvalue weighted by atomic mass is 16.5. The number of hydrogen-bond acceptors (Lipinski definition) is 4. The van der Waals surface area contributed by atoms with Crippen molar-refractivity contribution in [3.8, 4) is 11.6 Å². The van der Waals surface area contributed by atoms with Gasteiger partial charge in [-0.3, -0.25) is 0 Å². The van der Waals surface area contributed by atoms with E-state index in [1.807, 2.05) is 37.3 Å². The van der Waals surface area contributed by atoms with Crippen LogP contribution in [-0.4, -0.2) is 24.7 Å². The maximum atomic E-state index is 5.53. The molecule has 0 radical (unpaired) electrons. The Balaban J connectivity index is 2.06. The van der Waals surface area contributed by atoms with Crippen molar-refractivity contribution in [1.29, 1.82) is 0 Å². The van der Waals surface area contributed by atoms with Crippen molar-refractivity contribution in [3.63, 3.8) is 0 Å². The lowest BCUT2D eigenvalue weighted by Crippen LogP contribution is -2.19. The molecule has 0 saturated carbocycles. The molecular weight excluding hydrogens is 264 g/mol. The number of benzene rings is 1. The number of nitrogens with one attached hydrogen (secondary N) is 1. The van der Waals surface area contributed by atoms with Crippen LogP contribution in [-0.2, 0) is 6.42 Å². The number of hydrogen-bond donors (Lipinski definition) is 1. The molecule has 0 spiro atoms. The molecule has 0 bridgehead atoms. The van der Waals surface area contributed by atoms with Gasteiger partial charge in [-0.05, 0) is 44.0 Å². The van der Waals surface area contributed by atoms with Crippen LogP contribution in [0.2, 0.25) is 0 Å². The first-order chi connectivity index (χ1) is 10.2. The van der Waals surface area contributed by atoms with E-state index >= 15 is 0 Å². The molecule has 4 nitrogen and oxygen atoms in total. The number of para-hydroxylation sites is 1. The fourth-order valence-corrected chi connectivity index (χ4v) is 2.27. The van der Waals surface area contributed by atoms with Crippen molar-refractivity contribution in [2.45, 2.75) is 26.3 Å². The van der Waals surface area contributed by atoms with Gasteiger partial charge in [-0.2, -0.15) is 0 Å². The molecule has 2 rings (SSSR count). The van der Waals surface area contributed by atoms with Crippen molar-refractivity contribution in [1.82, 2.24) is 4.98 Å². The summed E-state index contributed by atoms with van der Waals surface area (Å²) in [6.45, 7) is 4.69. The third kappa shape index (κ3) is 4.12. The van der Waals surface area contributed by atoms with Crippen LogP contribution in [0.4, 0.5) is 5.69 Å². The first-order valence-corrected chi connectivity index (χ1v) is 7.20. The van der Waals surface area contributed by atoms with Crippen LogP contribution in [0.5, 0.6) is 11.6 Å². The molecule has 1 aromatic heterocycles. The zero-order valence-electron chi connectivity index (χ0n) is 12.8. The molecule has 2 aromatic rings. The van der Waals surface area contributed by atoms with Crippen molar-refractivity contribution in [2.75, 3.05) is 19.0 Å². The van der Waals surface area contributed by atoms with E-state index in [4.69, 9.17) is 9.47 Å². The lowest BCUT2D eigenvalue weighted by Gasteiger charge is -2.18. The summed E-state index contributed by atoms with van der Waals surface area (Å²) in [5.41, 5.74) is 2.10. The van der Waals surface area contributed by atoms with Gasteiger partial charge in [0.15, 0.2) is 0 Å². The Morgan fingerprint density at radius 2 is 2.00 bits per heavy atom. The van der Waals surface area contributed by atoms with Gasteiger partial charge >= 0.3 is 0 Å². The zero-order chi connectivity index (χ0) is 15.1. The number of anilines is 1. The van der Waals surface area contributed by atoms with Crippen LogP contribution < -0.4 is 14.8 Å². The lowest BCUT2D eigenvalue weighted by molar-refractivity contribution is 0.328. The van der Waals surface area contributed by atoms with Crippen LogP contribution in [0.25, 0.3) is 0 Å². The van der Waals surface area contributed by atoms with E-state index in [-0.39, 0.29) is 6.04 Å². The fourth-order valence-electron chi connectivity index (χ4n) is 2.27. The second-order valence-electron chi connectivity index (χ2n) is 4.85. The predicted octanol–water partition coefficient (Wildman–Crippen LogP) is 3.53. The Bertz CT molecular complexity index is 572. The van der Waals surface area contributed by atoms with Crippen molar-refractivity contribution in [3.05, 3.63) is 48.2 Å². The molecule has 0 saturated heterocycles. The minimum absolute atomic E-state index is 0.240. The largest absolute Gasteiger partial charge is 0.496 e. The molecule has 4 heteroatoms. The molecule has 1 unspecified atom stereocenters. The third-order valence-corrected chi connectivity index (χ3v) is 3.17. The van der Waals surface area contributed by atoms with Gasteiger partial charge in [0.2, 0.25) is 5.88 Å². The molecule has 21 heavy (non-hydrogen) atoms. The Labute approximate surface area is 126 Å². The summed E-state index contributed by atoms with van der Waals surface area (Å²) in [4.78, 5) is 4.25. The number of aromatic nitrogens is 1. The Morgan fingerprint density at radius 3 is 2.76 bits per heavy atom. The maximum Gasteiger partial charge on any atom is 0.237 e. The quantitative estimate of drug-likeness (QED) is 0.845. The SMILES string of the molecule is CCOc1ncccc1NC(C)Cc1ccccc1OC. The Morgan fingerprint density at radius 1 is 1.19 bits per heavy atom. The van der Waals surface area contributed by atoms with E-state index in [9.17, 15) is 0 Å². The monoisotopic (exact) mass is 286 g/mol. The highest BCUT2D eigenvalue weighted by Gasteiger charge is 2.11. The minimum Gasteiger partial charge on any atom is -0.496 e. The molecule has 0 aliphatic carbocycles. The molecule has 0 aliphatic rings. The molecule has 0 fully saturated rings. The molecular formula is C17H22N2O2. The standard InChI is InChI=1S/C17H22N2O2/c1-4-21-17-15(9-7-11-18-17)19-13(2)12-14-8-5-6-10-16(14)20-3/h5-11,13,19H,4,12H2,1-3H3. The summed E-state index contributed by atoms with van der Waals surface area (Å²) in [6.07, 6.45) is 2.60. The van der Waals surface area contributed by atoms with Crippen LogP contribution in [0, 0.1) is 0 Å². The van der Waals surface area contributed by atoms with Gasteiger partial charge in [0, 0.05) is 12.2 Å². The van der Waals surface area contributed by atoms with E-state index < -0.39 is 0 Å². The lowest BCUT2D eigenvalue weighted by atomic mass is 10.1. The minimum atomic E-state index is 0.240. The second kappa shape index (κ2) is 7.53. The second-order valence-corrected chi connectivity index (χ2v) is 4.85. The first kappa shape index (κ1) is 15.2. The van der Waals surface area contributed by atoms with Gasteiger partial charge in [0.1, 0.15) is 5.75 Å². The van der Waals surface area contributed by atoms with Gasteiger partial charge in [-0.15, -0.1) is 0 Å². The summed E-state index contributed by atoms with van der Waals surface area (Å²) >= 11 is 0. The first-order valence-electron chi connectivity index (χ1n) is 7.20. The average molecular weight is 286 g/mol. The fraction of sp³-hybridized carbons (Fsp3) is 0.353. The van der Waals surface area contributed by atoms with Crippen molar-refractivity contribution < 1.29 is 9.47 Å². The molecule has 0 amide bonds. The number of ether oxygens (including phenoxy) is 2. The molecule has 112 valence electrons. The number of pyridine rings is 1. The van der Waals surface area contributed by atoms with Crippen LogP contribution >= 0.6 is 0 Å². The normalized spacial score (nSPS) is 11.8. The van der Waals surface area contributed by atoms with Gasteiger partial charge in [0.25, 0.3) is 0 Å². The third-order valence-electron chi connectivity index (χ3n) is 3.17. The number of rotatable bonds is 7. The topological polar surface area (TPSA) is 43.4 Å². The van der Waals surface area contributed by atoms with Gasteiger partial charge in [-0.1, -0.05) is 18.2 Å². The smallest absolute Gasteiger partial charge is 0.237 e. The summed E-state index contributed by atoms with van der Waals surface area (Å²) in [7, 11) is 1.70. The molecule has 1 heterocycles. The summed E-state index contributed by atoms with van der Waals surface area (Å²) < 4.78 is 10.9. The van der Waals surface area contributed by atoms with Gasteiger partial charge < -0.3 is 14.8 Å². The molecule has 1 atom stereocenters. The molecule has 0 aliphatic heterocycles. The summed E-state index contributed by atoms with van der Waals surface area (Å²) in [5, 5.41) is 3.45. The van der Waals surface area contributed by atoms with E-state index in [0.717, 1.165) is 17.9 Å². The Kier molecular flexibility index (Phi) is 5.43. The van der Waals surface area contributed by atoms with Gasteiger partial charge in [0.05, 0.1) is 19.4 Å². The molecule has 1 N–H and O–H groups in total. The number of methoxy groups -OCH3 is 1. The maximum absolute atomic E-state index is 5.53. The van der Waals surface area contributed by atoms with E-state index in [0.29, 0.717) is 12.5 Å². The summed E-state index contributed by atoms with van der Waals surface area (Å²) in [6, 6.07) is 12.2. The number of nitrogens with zero attached hydrogens (tertiary/aromatic N) is 1. The van der Waals surface area contributed by atoms with Crippen molar-refractivity contribution in [2.24, 2.45) is 0 Å². The van der Waals surface area contributed by atoms with Gasteiger partial charge in [-0.25, -0.2) is 4.98 Å². The van der Waals surface area contributed by atoms with Crippen molar-refractivity contribution >= 4 is 5.69 Å². The van der Waals surface area contributed by atoms with E-state index in [2.05, 4.69) is 23.3 Å². The van der Waals surface area contributed by atoms with Crippen LogP contribution in [0.1, 0.15) is 19.4 Å². The zero-order valence-corrected chi connectivity index (χ0v) is 12.8. The predicted molar refractivity (Wildman–Crippen MR) is 85.2 cm³/mol. The molecule has 1 aromatic carbocycles. The average Bonchev–Trinajstić information content (AvgIpc) is 2.50.